The Morgan fingerprint density at radius 3 is 2.40 bits per heavy atom. The van der Waals surface area contributed by atoms with Gasteiger partial charge in [0, 0.05) is 6.42 Å². The molecule has 0 amide bonds. The molecule has 1 aliphatic rings. The first kappa shape index (κ1) is 12.7. The summed E-state index contributed by atoms with van der Waals surface area (Å²) in [5, 5.41) is 19.8. The van der Waals surface area contributed by atoms with Crippen molar-refractivity contribution in [2.24, 2.45) is 11.8 Å². The maximum Gasteiger partial charge on any atom is 0.0624 e. The Bertz CT molecular complexity index is 185. The Hall–Kier alpha value is -0.340. The van der Waals surface area contributed by atoms with E-state index in [0.717, 1.165) is 12.8 Å². The van der Waals surface area contributed by atoms with Gasteiger partial charge < -0.3 is 10.2 Å². The van der Waals surface area contributed by atoms with Gasteiger partial charge in [0.05, 0.1) is 12.2 Å². The third-order valence-corrected chi connectivity index (χ3v) is 3.66. The number of hydrogen-bond acceptors (Lipinski definition) is 2. The molecule has 0 bridgehead atoms. The molecule has 0 heterocycles. The van der Waals surface area contributed by atoms with Gasteiger partial charge in [0.2, 0.25) is 0 Å². The molecule has 0 aromatic heterocycles. The van der Waals surface area contributed by atoms with Crippen LogP contribution in [0.3, 0.4) is 0 Å². The molecule has 0 aromatic rings. The van der Waals surface area contributed by atoms with Crippen LogP contribution in [-0.2, 0) is 0 Å². The summed E-state index contributed by atoms with van der Waals surface area (Å²) in [6.07, 6.45) is 7.48. The summed E-state index contributed by atoms with van der Waals surface area (Å²) >= 11 is 0. The molecule has 3 atom stereocenters. The van der Waals surface area contributed by atoms with Gasteiger partial charge in [-0.3, -0.25) is 0 Å². The van der Waals surface area contributed by atoms with E-state index >= 15 is 0 Å². The molecule has 1 rings (SSSR count). The minimum atomic E-state index is -0.445. The topological polar surface area (TPSA) is 40.5 Å². The Morgan fingerprint density at radius 2 is 1.87 bits per heavy atom. The molecule has 0 radical (unpaired) electrons. The molecular weight excluding hydrogens is 188 g/mol. The van der Waals surface area contributed by atoms with E-state index in [1.807, 2.05) is 6.92 Å². The first-order chi connectivity index (χ1) is 7.15. The van der Waals surface area contributed by atoms with Crippen molar-refractivity contribution in [3.8, 4) is 0 Å². The minimum absolute atomic E-state index is 0.0724. The largest absolute Gasteiger partial charge is 0.393 e. The molecule has 0 aromatic carbocycles. The van der Waals surface area contributed by atoms with Crippen LogP contribution in [0.15, 0.2) is 12.7 Å². The van der Waals surface area contributed by atoms with Gasteiger partial charge in [0.15, 0.2) is 0 Å². The van der Waals surface area contributed by atoms with Gasteiger partial charge in [-0.25, -0.2) is 0 Å². The zero-order valence-electron chi connectivity index (χ0n) is 9.73. The van der Waals surface area contributed by atoms with Crippen molar-refractivity contribution in [3.63, 3.8) is 0 Å². The number of aliphatic hydroxyl groups is 2. The average Bonchev–Trinajstić information content (AvgIpc) is 2.29. The van der Waals surface area contributed by atoms with E-state index in [-0.39, 0.29) is 12.0 Å². The Labute approximate surface area is 93.0 Å². The summed E-state index contributed by atoms with van der Waals surface area (Å²) in [6, 6.07) is 0. The van der Waals surface area contributed by atoms with Crippen molar-refractivity contribution in [1.82, 2.24) is 0 Å². The highest BCUT2D eigenvalue weighted by atomic mass is 16.3. The second-order valence-corrected chi connectivity index (χ2v) is 4.86. The highest BCUT2D eigenvalue weighted by molar-refractivity contribution is 4.84. The Kier molecular flexibility index (Phi) is 5.34. The zero-order chi connectivity index (χ0) is 11.3. The van der Waals surface area contributed by atoms with Gasteiger partial charge in [-0.2, -0.15) is 0 Å². The quantitative estimate of drug-likeness (QED) is 0.687. The lowest BCUT2D eigenvalue weighted by Gasteiger charge is -2.28. The predicted octanol–water partition coefficient (Wildman–Crippen LogP) is 2.50. The number of rotatable bonds is 5. The first-order valence-electron chi connectivity index (χ1n) is 6.13. The standard InChI is InChI=1S/C13H24O2/c1-3-10(2)12(14)9-13(15)11-7-5-4-6-8-11/h3,10-15H,1,4-9H2,2H3/t10-,12?,13?/m0/s1. The van der Waals surface area contributed by atoms with Gasteiger partial charge in [-0.1, -0.05) is 32.3 Å². The van der Waals surface area contributed by atoms with Crippen LogP contribution in [0.25, 0.3) is 0 Å². The summed E-state index contributed by atoms with van der Waals surface area (Å²) in [6.45, 7) is 5.60. The summed E-state index contributed by atoms with van der Waals surface area (Å²) < 4.78 is 0. The third kappa shape index (κ3) is 3.96. The van der Waals surface area contributed by atoms with Crippen LogP contribution in [0.4, 0.5) is 0 Å². The van der Waals surface area contributed by atoms with E-state index in [0.29, 0.717) is 12.3 Å². The van der Waals surface area contributed by atoms with Crippen LogP contribution in [0, 0.1) is 11.8 Å². The monoisotopic (exact) mass is 212 g/mol. The fourth-order valence-corrected chi connectivity index (χ4v) is 2.33. The highest BCUT2D eigenvalue weighted by Gasteiger charge is 2.25. The van der Waals surface area contributed by atoms with E-state index in [9.17, 15) is 10.2 Å². The van der Waals surface area contributed by atoms with Gasteiger partial charge in [0.25, 0.3) is 0 Å². The second-order valence-electron chi connectivity index (χ2n) is 4.86. The molecule has 2 nitrogen and oxygen atoms in total. The SMILES string of the molecule is C=C[C@H](C)C(O)CC(O)C1CCCCC1. The van der Waals surface area contributed by atoms with Crippen LogP contribution < -0.4 is 0 Å². The molecule has 0 spiro atoms. The Morgan fingerprint density at radius 1 is 1.27 bits per heavy atom. The first-order valence-corrected chi connectivity index (χ1v) is 6.13. The van der Waals surface area contributed by atoms with Crippen LogP contribution in [0.1, 0.15) is 45.4 Å². The number of hydrogen-bond donors (Lipinski definition) is 2. The summed E-state index contributed by atoms with van der Waals surface area (Å²) in [7, 11) is 0. The van der Waals surface area contributed by atoms with Gasteiger partial charge >= 0.3 is 0 Å². The lowest BCUT2D eigenvalue weighted by molar-refractivity contribution is 0.0192. The second kappa shape index (κ2) is 6.29. The van der Waals surface area contributed by atoms with E-state index in [1.165, 1.54) is 19.3 Å². The summed E-state index contributed by atoms with van der Waals surface area (Å²) in [5.41, 5.74) is 0. The van der Waals surface area contributed by atoms with E-state index in [1.54, 1.807) is 6.08 Å². The fraction of sp³-hybridized carbons (Fsp3) is 0.846. The van der Waals surface area contributed by atoms with Crippen LogP contribution >= 0.6 is 0 Å². The van der Waals surface area contributed by atoms with Crippen molar-refractivity contribution in [2.45, 2.75) is 57.7 Å². The fourth-order valence-electron chi connectivity index (χ4n) is 2.33. The van der Waals surface area contributed by atoms with Crippen LogP contribution in [0.5, 0.6) is 0 Å². The number of aliphatic hydroxyl groups excluding tert-OH is 2. The molecule has 1 saturated carbocycles. The molecule has 0 aliphatic heterocycles. The maximum absolute atomic E-state index is 9.99. The van der Waals surface area contributed by atoms with E-state index in [4.69, 9.17) is 0 Å². The summed E-state index contributed by atoms with van der Waals surface area (Å²) in [4.78, 5) is 0. The van der Waals surface area contributed by atoms with Crippen LogP contribution in [-0.4, -0.2) is 22.4 Å². The molecule has 2 N–H and O–H groups in total. The highest BCUT2D eigenvalue weighted by Crippen LogP contribution is 2.29. The molecule has 15 heavy (non-hydrogen) atoms. The molecular formula is C13H24O2. The molecule has 2 heteroatoms. The minimum Gasteiger partial charge on any atom is -0.393 e. The lowest BCUT2D eigenvalue weighted by atomic mass is 9.82. The Balaban J connectivity index is 2.32. The van der Waals surface area contributed by atoms with Gasteiger partial charge in [-0.15, -0.1) is 6.58 Å². The summed E-state index contributed by atoms with van der Waals surface area (Å²) in [5.74, 6) is 0.480. The maximum atomic E-state index is 9.99. The zero-order valence-corrected chi connectivity index (χ0v) is 9.73. The normalized spacial score (nSPS) is 24.5. The van der Waals surface area contributed by atoms with Crippen molar-refractivity contribution >= 4 is 0 Å². The van der Waals surface area contributed by atoms with Crippen LogP contribution in [0.2, 0.25) is 0 Å². The van der Waals surface area contributed by atoms with Crippen molar-refractivity contribution in [3.05, 3.63) is 12.7 Å². The average molecular weight is 212 g/mol. The predicted molar refractivity (Wildman–Crippen MR) is 62.6 cm³/mol. The van der Waals surface area contributed by atoms with E-state index in [2.05, 4.69) is 6.58 Å². The van der Waals surface area contributed by atoms with Crippen molar-refractivity contribution in [2.75, 3.05) is 0 Å². The van der Waals surface area contributed by atoms with E-state index < -0.39 is 6.10 Å². The van der Waals surface area contributed by atoms with Crippen molar-refractivity contribution < 1.29 is 10.2 Å². The lowest BCUT2D eigenvalue weighted by Crippen LogP contribution is -2.29. The third-order valence-electron chi connectivity index (χ3n) is 3.66. The molecule has 1 fully saturated rings. The smallest absolute Gasteiger partial charge is 0.0624 e. The molecule has 88 valence electrons. The molecule has 0 saturated heterocycles. The van der Waals surface area contributed by atoms with Gasteiger partial charge in [0.1, 0.15) is 0 Å². The molecule has 2 unspecified atom stereocenters. The van der Waals surface area contributed by atoms with Gasteiger partial charge in [-0.05, 0) is 24.7 Å². The van der Waals surface area contributed by atoms with Crippen molar-refractivity contribution in [1.29, 1.82) is 0 Å². The molecule has 1 aliphatic carbocycles.